The van der Waals surface area contributed by atoms with Crippen molar-refractivity contribution in [1.29, 1.82) is 0 Å². The fourth-order valence-electron chi connectivity index (χ4n) is 2.83. The second-order valence-corrected chi connectivity index (χ2v) is 6.38. The van der Waals surface area contributed by atoms with Crippen molar-refractivity contribution in [2.75, 3.05) is 23.9 Å². The Hall–Kier alpha value is -2.86. The molecule has 1 saturated heterocycles. The van der Waals surface area contributed by atoms with Crippen molar-refractivity contribution in [3.8, 4) is 0 Å². The second kappa shape index (κ2) is 7.58. The SMILES string of the molecule is COC(=O)c1ccc(NC(=O)C2CC(=O)N(c3cccc(Cl)c3)C2)cc1. The van der Waals surface area contributed by atoms with Crippen molar-refractivity contribution in [2.24, 2.45) is 5.92 Å². The van der Waals surface area contributed by atoms with Gasteiger partial charge in [0, 0.05) is 29.4 Å². The lowest BCUT2D eigenvalue weighted by Crippen LogP contribution is -2.28. The molecule has 2 aromatic rings. The van der Waals surface area contributed by atoms with Crippen molar-refractivity contribution in [3.63, 3.8) is 0 Å². The minimum atomic E-state index is -0.457. The molecule has 0 aliphatic carbocycles. The predicted octanol–water partition coefficient (Wildman–Crippen LogP) is 3.12. The van der Waals surface area contributed by atoms with Gasteiger partial charge in [0.25, 0.3) is 0 Å². The van der Waals surface area contributed by atoms with Crippen molar-refractivity contribution >= 4 is 40.8 Å². The molecule has 2 aromatic carbocycles. The lowest BCUT2D eigenvalue weighted by Gasteiger charge is -2.17. The molecule has 1 heterocycles. The Labute approximate surface area is 155 Å². The molecule has 0 saturated carbocycles. The van der Waals surface area contributed by atoms with Crippen LogP contribution in [-0.2, 0) is 14.3 Å². The number of carbonyl (C=O) groups is 3. The molecule has 1 aliphatic heterocycles. The molecule has 1 unspecified atom stereocenters. The monoisotopic (exact) mass is 372 g/mol. The summed E-state index contributed by atoms with van der Waals surface area (Å²) in [4.78, 5) is 37.7. The van der Waals surface area contributed by atoms with E-state index in [9.17, 15) is 14.4 Å². The molecule has 1 atom stereocenters. The molecule has 0 aromatic heterocycles. The van der Waals surface area contributed by atoms with Crippen LogP contribution in [0.2, 0.25) is 5.02 Å². The Morgan fingerprint density at radius 2 is 1.92 bits per heavy atom. The first kappa shape index (κ1) is 17.9. The Morgan fingerprint density at radius 3 is 2.58 bits per heavy atom. The molecule has 1 fully saturated rings. The number of esters is 1. The van der Waals surface area contributed by atoms with E-state index in [1.165, 1.54) is 7.11 Å². The van der Waals surface area contributed by atoms with Gasteiger partial charge in [0.2, 0.25) is 11.8 Å². The zero-order chi connectivity index (χ0) is 18.7. The van der Waals surface area contributed by atoms with Crippen LogP contribution < -0.4 is 10.2 Å². The highest BCUT2D eigenvalue weighted by molar-refractivity contribution is 6.31. The van der Waals surface area contributed by atoms with Gasteiger partial charge < -0.3 is 15.0 Å². The Kier molecular flexibility index (Phi) is 5.23. The summed E-state index contributed by atoms with van der Waals surface area (Å²) in [5.41, 5.74) is 1.63. The number of ether oxygens (including phenoxy) is 1. The number of anilines is 2. The Balaban J connectivity index is 1.65. The quantitative estimate of drug-likeness (QED) is 0.837. The third-order valence-electron chi connectivity index (χ3n) is 4.19. The average molecular weight is 373 g/mol. The molecular weight excluding hydrogens is 356 g/mol. The van der Waals surface area contributed by atoms with Gasteiger partial charge in [0.05, 0.1) is 18.6 Å². The minimum Gasteiger partial charge on any atom is -0.465 e. The highest BCUT2D eigenvalue weighted by Gasteiger charge is 2.35. The topological polar surface area (TPSA) is 75.7 Å². The van der Waals surface area contributed by atoms with Crippen LogP contribution in [0, 0.1) is 5.92 Å². The van der Waals surface area contributed by atoms with Crippen molar-refractivity contribution < 1.29 is 19.1 Å². The van der Waals surface area contributed by atoms with E-state index in [0.717, 1.165) is 0 Å². The second-order valence-electron chi connectivity index (χ2n) is 5.94. The summed E-state index contributed by atoms with van der Waals surface area (Å²) in [6.07, 6.45) is 0.137. The maximum Gasteiger partial charge on any atom is 0.337 e. The fourth-order valence-corrected chi connectivity index (χ4v) is 3.01. The van der Waals surface area contributed by atoms with Crippen LogP contribution in [0.1, 0.15) is 16.8 Å². The van der Waals surface area contributed by atoms with E-state index in [1.54, 1.807) is 53.4 Å². The number of rotatable bonds is 4. The molecule has 3 rings (SSSR count). The summed E-state index contributed by atoms with van der Waals surface area (Å²) < 4.78 is 4.63. The summed E-state index contributed by atoms with van der Waals surface area (Å²) in [5.74, 6) is -1.26. The molecular formula is C19H17ClN2O4. The van der Waals surface area contributed by atoms with E-state index in [0.29, 0.717) is 28.5 Å². The van der Waals surface area contributed by atoms with E-state index in [2.05, 4.69) is 10.1 Å². The van der Waals surface area contributed by atoms with Crippen LogP contribution in [0.5, 0.6) is 0 Å². The molecule has 1 N–H and O–H groups in total. The number of nitrogens with one attached hydrogen (secondary N) is 1. The summed E-state index contributed by atoms with van der Waals surface area (Å²) >= 11 is 5.97. The smallest absolute Gasteiger partial charge is 0.337 e. The van der Waals surface area contributed by atoms with Crippen LogP contribution in [0.25, 0.3) is 0 Å². The fraction of sp³-hybridized carbons (Fsp3) is 0.211. The van der Waals surface area contributed by atoms with Crippen molar-refractivity contribution in [3.05, 3.63) is 59.1 Å². The largest absolute Gasteiger partial charge is 0.465 e. The zero-order valence-electron chi connectivity index (χ0n) is 14.1. The summed E-state index contributed by atoms with van der Waals surface area (Å²) in [6, 6.07) is 13.4. The first-order chi connectivity index (χ1) is 12.5. The molecule has 0 bridgehead atoms. The number of amides is 2. The van der Waals surface area contributed by atoms with Crippen molar-refractivity contribution in [2.45, 2.75) is 6.42 Å². The van der Waals surface area contributed by atoms with Crippen LogP contribution in [0.4, 0.5) is 11.4 Å². The Morgan fingerprint density at radius 1 is 1.19 bits per heavy atom. The van der Waals surface area contributed by atoms with Gasteiger partial charge >= 0.3 is 5.97 Å². The van der Waals surface area contributed by atoms with Gasteiger partial charge in [-0.3, -0.25) is 9.59 Å². The summed E-state index contributed by atoms with van der Waals surface area (Å²) in [7, 11) is 1.31. The number of nitrogens with zero attached hydrogens (tertiary/aromatic N) is 1. The zero-order valence-corrected chi connectivity index (χ0v) is 14.8. The highest BCUT2D eigenvalue weighted by Crippen LogP contribution is 2.27. The van der Waals surface area contributed by atoms with Crippen LogP contribution in [0.3, 0.4) is 0 Å². The standard InChI is InChI=1S/C19H17ClN2O4/c1-26-19(25)12-5-7-15(8-6-12)21-18(24)13-9-17(23)22(11-13)16-4-2-3-14(20)10-16/h2-8,10,13H,9,11H2,1H3,(H,21,24). The summed E-state index contributed by atoms with van der Waals surface area (Å²) in [6.45, 7) is 0.297. The first-order valence-corrected chi connectivity index (χ1v) is 8.41. The van der Waals surface area contributed by atoms with Crippen molar-refractivity contribution in [1.82, 2.24) is 0 Å². The maximum absolute atomic E-state index is 12.5. The van der Waals surface area contributed by atoms with Crippen LogP contribution in [-0.4, -0.2) is 31.4 Å². The maximum atomic E-state index is 12.5. The molecule has 6 nitrogen and oxygen atoms in total. The van der Waals surface area contributed by atoms with E-state index < -0.39 is 11.9 Å². The van der Waals surface area contributed by atoms with Gasteiger partial charge in [-0.25, -0.2) is 4.79 Å². The lowest BCUT2D eigenvalue weighted by atomic mass is 10.1. The molecule has 26 heavy (non-hydrogen) atoms. The number of carbonyl (C=O) groups excluding carboxylic acids is 3. The third-order valence-corrected chi connectivity index (χ3v) is 4.42. The number of halogens is 1. The van der Waals surface area contributed by atoms with E-state index in [4.69, 9.17) is 11.6 Å². The third kappa shape index (κ3) is 3.86. The van der Waals surface area contributed by atoms with E-state index in [1.807, 2.05) is 0 Å². The predicted molar refractivity (Wildman–Crippen MR) is 98.3 cm³/mol. The normalized spacial score (nSPS) is 16.5. The van der Waals surface area contributed by atoms with Gasteiger partial charge in [0.15, 0.2) is 0 Å². The van der Waals surface area contributed by atoms with Gasteiger partial charge in [-0.2, -0.15) is 0 Å². The first-order valence-electron chi connectivity index (χ1n) is 8.03. The van der Waals surface area contributed by atoms with Gasteiger partial charge in [-0.05, 0) is 42.5 Å². The van der Waals surface area contributed by atoms with Gasteiger partial charge in [0.1, 0.15) is 0 Å². The lowest BCUT2D eigenvalue weighted by molar-refractivity contribution is -0.122. The molecule has 0 radical (unpaired) electrons. The van der Waals surface area contributed by atoms with E-state index >= 15 is 0 Å². The highest BCUT2D eigenvalue weighted by atomic mass is 35.5. The number of methoxy groups -OCH3 is 1. The van der Waals surface area contributed by atoms with Gasteiger partial charge in [-0.1, -0.05) is 17.7 Å². The number of hydrogen-bond donors (Lipinski definition) is 1. The molecule has 1 aliphatic rings. The van der Waals surface area contributed by atoms with Gasteiger partial charge in [-0.15, -0.1) is 0 Å². The van der Waals surface area contributed by atoms with Crippen LogP contribution in [0.15, 0.2) is 48.5 Å². The molecule has 7 heteroatoms. The average Bonchev–Trinajstić information content (AvgIpc) is 3.03. The molecule has 0 spiro atoms. The number of hydrogen-bond acceptors (Lipinski definition) is 4. The number of benzene rings is 2. The molecule has 2 amide bonds. The Bertz CT molecular complexity index is 851. The molecule has 134 valence electrons. The summed E-state index contributed by atoms with van der Waals surface area (Å²) in [5, 5.41) is 3.31. The minimum absolute atomic E-state index is 0.117. The van der Waals surface area contributed by atoms with Crippen LogP contribution >= 0.6 is 11.6 Å². The van der Waals surface area contributed by atoms with E-state index in [-0.39, 0.29) is 18.2 Å².